The van der Waals surface area contributed by atoms with Gasteiger partial charge in [-0.25, -0.2) is 22.7 Å². The van der Waals surface area contributed by atoms with Crippen molar-refractivity contribution in [2.45, 2.75) is 50.2 Å². The Balaban J connectivity index is 1.39. The Hall–Kier alpha value is -3.77. The molecule has 0 bridgehead atoms. The molecule has 1 aliphatic rings. The van der Waals surface area contributed by atoms with E-state index in [1.54, 1.807) is 51.1 Å². The van der Waals surface area contributed by atoms with Gasteiger partial charge in [0.15, 0.2) is 0 Å². The lowest BCUT2D eigenvalue weighted by atomic mass is 9.81. The van der Waals surface area contributed by atoms with E-state index in [-0.39, 0.29) is 28.1 Å². The molecular formula is C27H31ClN4O7S. The first kappa shape index (κ1) is 29.2. The van der Waals surface area contributed by atoms with Gasteiger partial charge in [0, 0.05) is 11.1 Å². The number of sulfonamides is 1. The van der Waals surface area contributed by atoms with Crippen LogP contribution in [0.4, 0.5) is 10.5 Å². The number of methoxy groups -OCH3 is 1. The molecule has 4 rings (SSSR count). The fourth-order valence-electron chi connectivity index (χ4n) is 4.04. The Morgan fingerprint density at radius 1 is 1.12 bits per heavy atom. The van der Waals surface area contributed by atoms with Crippen LogP contribution in [0.5, 0.6) is 5.75 Å². The van der Waals surface area contributed by atoms with Crippen LogP contribution in [0.25, 0.3) is 5.69 Å². The number of amides is 1. The van der Waals surface area contributed by atoms with Crippen LogP contribution in [0.3, 0.4) is 0 Å². The van der Waals surface area contributed by atoms with Gasteiger partial charge in [0.1, 0.15) is 16.2 Å². The lowest BCUT2D eigenvalue weighted by Gasteiger charge is -2.36. The molecular weight excluding hydrogens is 560 g/mol. The number of carbonyl (C=O) groups is 2. The van der Waals surface area contributed by atoms with E-state index < -0.39 is 27.7 Å². The Kier molecular flexibility index (Phi) is 8.59. The fraction of sp³-hybridized carbons (Fsp3) is 0.370. The Bertz CT molecular complexity index is 1480. The molecule has 0 spiro atoms. The SMILES string of the molecule is COC(=O)c1cc(OCC2CC(NC(=O)OC(C)(C)C)C2)ccc1NS(=O)(=O)c1cnn(-c2ccc(Cl)cc2)c1. The number of hydrogen-bond acceptors (Lipinski definition) is 8. The van der Waals surface area contributed by atoms with E-state index in [0.29, 0.717) is 23.1 Å². The number of aromatic nitrogens is 2. The van der Waals surface area contributed by atoms with Gasteiger partial charge >= 0.3 is 12.1 Å². The summed E-state index contributed by atoms with van der Waals surface area (Å²) in [5, 5.41) is 7.49. The highest BCUT2D eigenvalue weighted by molar-refractivity contribution is 7.92. The number of carbonyl (C=O) groups excluding carboxylic acids is 2. The number of ether oxygens (including phenoxy) is 3. The molecule has 214 valence electrons. The molecule has 13 heteroatoms. The number of nitrogens with one attached hydrogen (secondary N) is 2. The second-order valence-electron chi connectivity index (χ2n) is 10.4. The highest BCUT2D eigenvalue weighted by Gasteiger charge is 2.32. The van der Waals surface area contributed by atoms with Crippen LogP contribution < -0.4 is 14.8 Å². The first-order valence-corrected chi connectivity index (χ1v) is 14.4. The van der Waals surface area contributed by atoms with Gasteiger partial charge in [-0.2, -0.15) is 5.10 Å². The molecule has 2 N–H and O–H groups in total. The molecule has 0 saturated heterocycles. The molecule has 1 saturated carbocycles. The summed E-state index contributed by atoms with van der Waals surface area (Å²) in [5.41, 5.74) is 0.0874. The molecule has 2 aromatic carbocycles. The van der Waals surface area contributed by atoms with Crippen molar-refractivity contribution in [1.82, 2.24) is 15.1 Å². The third-order valence-electron chi connectivity index (χ3n) is 6.04. The van der Waals surface area contributed by atoms with Gasteiger partial charge in [0.2, 0.25) is 0 Å². The maximum Gasteiger partial charge on any atom is 0.407 e. The maximum atomic E-state index is 13.1. The van der Waals surface area contributed by atoms with Gasteiger partial charge in [-0.1, -0.05) is 11.6 Å². The summed E-state index contributed by atoms with van der Waals surface area (Å²) in [5.74, 6) is -0.149. The summed E-state index contributed by atoms with van der Waals surface area (Å²) in [6.07, 6.45) is 3.56. The molecule has 1 amide bonds. The summed E-state index contributed by atoms with van der Waals surface area (Å²) >= 11 is 5.92. The van der Waals surface area contributed by atoms with Crippen molar-refractivity contribution >= 4 is 39.4 Å². The number of hydrogen-bond donors (Lipinski definition) is 2. The third-order valence-corrected chi connectivity index (χ3v) is 7.62. The van der Waals surface area contributed by atoms with E-state index in [1.165, 1.54) is 36.3 Å². The summed E-state index contributed by atoms with van der Waals surface area (Å²) in [6, 6.07) is 11.2. The van der Waals surface area contributed by atoms with Gasteiger partial charge in [-0.3, -0.25) is 4.72 Å². The van der Waals surface area contributed by atoms with Gasteiger partial charge in [-0.05, 0) is 82.0 Å². The molecule has 0 radical (unpaired) electrons. The fourth-order valence-corrected chi connectivity index (χ4v) is 5.18. The standard InChI is InChI=1S/C27H31ClN4O7S/c1-27(2,3)39-26(34)30-19-11-17(12-19)16-38-21-9-10-24(23(13-21)25(33)37-4)31-40(35,36)22-14-29-32(15-22)20-7-5-18(28)6-8-20/h5-10,13-15,17,19,31H,11-12,16H2,1-4H3,(H,30,34). The molecule has 3 aromatic rings. The third kappa shape index (κ3) is 7.45. The number of nitrogens with zero attached hydrogens (tertiary/aromatic N) is 2. The predicted molar refractivity (Wildman–Crippen MR) is 149 cm³/mol. The number of anilines is 1. The number of halogens is 1. The minimum Gasteiger partial charge on any atom is -0.493 e. The summed E-state index contributed by atoms with van der Waals surface area (Å²) < 4.78 is 46.0. The highest BCUT2D eigenvalue weighted by Crippen LogP contribution is 2.30. The predicted octanol–water partition coefficient (Wildman–Crippen LogP) is 4.80. The topological polar surface area (TPSA) is 138 Å². The van der Waals surface area contributed by atoms with E-state index >= 15 is 0 Å². The molecule has 11 nitrogen and oxygen atoms in total. The molecule has 40 heavy (non-hydrogen) atoms. The van der Waals surface area contributed by atoms with Crippen LogP contribution in [0.2, 0.25) is 5.02 Å². The van der Waals surface area contributed by atoms with Crippen LogP contribution in [0, 0.1) is 5.92 Å². The van der Waals surface area contributed by atoms with Gasteiger partial charge in [0.05, 0.1) is 43.0 Å². The van der Waals surface area contributed by atoms with Crippen molar-refractivity contribution in [3.8, 4) is 11.4 Å². The van der Waals surface area contributed by atoms with E-state index in [9.17, 15) is 18.0 Å². The Morgan fingerprint density at radius 2 is 1.82 bits per heavy atom. The van der Waals surface area contributed by atoms with E-state index in [4.69, 9.17) is 25.8 Å². The minimum atomic E-state index is -4.09. The quantitative estimate of drug-likeness (QED) is 0.339. The summed E-state index contributed by atoms with van der Waals surface area (Å²) in [7, 11) is -2.88. The van der Waals surface area contributed by atoms with Crippen molar-refractivity contribution < 1.29 is 32.2 Å². The highest BCUT2D eigenvalue weighted by atomic mass is 35.5. The van der Waals surface area contributed by atoms with E-state index in [2.05, 4.69) is 15.1 Å². The first-order chi connectivity index (χ1) is 18.8. The maximum absolute atomic E-state index is 13.1. The largest absolute Gasteiger partial charge is 0.493 e. The normalized spacial score (nSPS) is 16.9. The Labute approximate surface area is 237 Å². The average Bonchev–Trinajstić information content (AvgIpc) is 3.36. The van der Waals surface area contributed by atoms with Crippen LogP contribution in [0.15, 0.2) is 59.8 Å². The molecule has 1 aliphatic carbocycles. The average molecular weight is 591 g/mol. The van der Waals surface area contributed by atoms with Crippen LogP contribution in [-0.4, -0.2) is 55.6 Å². The zero-order valence-corrected chi connectivity index (χ0v) is 24.1. The number of benzene rings is 2. The van der Waals surface area contributed by atoms with Gasteiger partial charge < -0.3 is 19.5 Å². The van der Waals surface area contributed by atoms with Crippen molar-refractivity contribution in [2.24, 2.45) is 5.92 Å². The summed E-state index contributed by atoms with van der Waals surface area (Å²) in [4.78, 5) is 24.3. The zero-order valence-electron chi connectivity index (χ0n) is 22.5. The number of rotatable bonds is 9. The van der Waals surface area contributed by atoms with Gasteiger partial charge in [0.25, 0.3) is 10.0 Å². The van der Waals surface area contributed by atoms with Crippen molar-refractivity contribution in [3.05, 3.63) is 65.4 Å². The number of alkyl carbamates (subject to hydrolysis) is 1. The molecule has 1 aromatic heterocycles. The van der Waals surface area contributed by atoms with Crippen LogP contribution >= 0.6 is 11.6 Å². The minimum absolute atomic E-state index is 0.00764. The molecule has 0 aliphatic heterocycles. The van der Waals surface area contributed by atoms with Crippen molar-refractivity contribution in [3.63, 3.8) is 0 Å². The molecule has 1 heterocycles. The number of esters is 1. The monoisotopic (exact) mass is 590 g/mol. The first-order valence-electron chi connectivity index (χ1n) is 12.5. The van der Waals surface area contributed by atoms with Crippen molar-refractivity contribution in [1.29, 1.82) is 0 Å². The second-order valence-corrected chi connectivity index (χ2v) is 12.5. The second kappa shape index (κ2) is 11.8. The molecule has 0 atom stereocenters. The van der Waals surface area contributed by atoms with Crippen molar-refractivity contribution in [2.75, 3.05) is 18.4 Å². The Morgan fingerprint density at radius 3 is 2.48 bits per heavy atom. The lowest BCUT2D eigenvalue weighted by molar-refractivity contribution is 0.0428. The van der Waals surface area contributed by atoms with E-state index in [0.717, 1.165) is 12.8 Å². The smallest absolute Gasteiger partial charge is 0.407 e. The lowest BCUT2D eigenvalue weighted by Crippen LogP contribution is -2.47. The van der Waals surface area contributed by atoms with E-state index in [1.807, 2.05) is 0 Å². The summed E-state index contributed by atoms with van der Waals surface area (Å²) in [6.45, 7) is 5.78. The molecule has 0 unspecified atom stereocenters. The van der Waals surface area contributed by atoms with Crippen LogP contribution in [0.1, 0.15) is 44.0 Å². The molecule has 1 fully saturated rings. The zero-order chi connectivity index (χ0) is 29.1. The van der Waals surface area contributed by atoms with Gasteiger partial charge in [-0.15, -0.1) is 0 Å². The van der Waals surface area contributed by atoms with Crippen LogP contribution in [-0.2, 0) is 19.5 Å².